The van der Waals surface area contributed by atoms with Crippen LogP contribution in [-0.2, 0) is 0 Å². The molecule has 4 nitrogen and oxygen atoms in total. The van der Waals surface area contributed by atoms with Gasteiger partial charge in [0.15, 0.2) is 6.10 Å². The Balaban J connectivity index is 1.93. The first kappa shape index (κ1) is 10.4. The Morgan fingerprint density at radius 1 is 1.47 bits per heavy atom. The van der Waals surface area contributed by atoms with Crippen molar-refractivity contribution in [3.63, 3.8) is 0 Å². The number of hydrogen-bond acceptors (Lipinski definition) is 4. The summed E-state index contributed by atoms with van der Waals surface area (Å²) in [7, 11) is 2.11. The Hall–Kier alpha value is -1.71. The smallest absolute Gasteiger partial charge is 0.173 e. The van der Waals surface area contributed by atoms with Crippen molar-refractivity contribution in [2.45, 2.75) is 13.0 Å². The van der Waals surface area contributed by atoms with Gasteiger partial charge in [-0.05, 0) is 18.6 Å². The molecule has 1 aromatic carbocycles. The van der Waals surface area contributed by atoms with Gasteiger partial charge in [0.1, 0.15) is 11.6 Å². The fourth-order valence-corrected chi connectivity index (χ4v) is 2.52. The topological polar surface area (TPSA) is 36.9 Å². The molecule has 0 saturated heterocycles. The van der Waals surface area contributed by atoms with Gasteiger partial charge in [-0.1, -0.05) is 12.1 Å². The molecule has 0 aliphatic carbocycles. The second-order valence-corrected chi connectivity index (χ2v) is 4.60. The van der Waals surface area contributed by atoms with Crippen molar-refractivity contribution in [2.75, 3.05) is 31.6 Å². The van der Waals surface area contributed by atoms with E-state index < -0.39 is 0 Å². The molecular formula is C13H17N3O. The molecular weight excluding hydrogens is 214 g/mol. The normalized spacial score (nSPS) is 22.6. The van der Waals surface area contributed by atoms with Crippen LogP contribution in [0.4, 0.5) is 5.69 Å². The summed E-state index contributed by atoms with van der Waals surface area (Å²) < 4.78 is 6.03. The number of anilines is 1. The number of aliphatic imine (C=N–C) groups is 1. The Morgan fingerprint density at radius 3 is 3.12 bits per heavy atom. The number of para-hydroxylation sites is 1. The van der Waals surface area contributed by atoms with Gasteiger partial charge >= 0.3 is 0 Å². The van der Waals surface area contributed by atoms with E-state index in [0.717, 1.165) is 31.2 Å². The van der Waals surface area contributed by atoms with Gasteiger partial charge in [0.25, 0.3) is 0 Å². The van der Waals surface area contributed by atoms with Crippen LogP contribution in [0.15, 0.2) is 23.2 Å². The summed E-state index contributed by atoms with van der Waals surface area (Å²) in [4.78, 5) is 6.69. The van der Waals surface area contributed by atoms with Gasteiger partial charge in [-0.3, -0.25) is 4.99 Å². The van der Waals surface area contributed by atoms with Crippen molar-refractivity contribution < 1.29 is 4.74 Å². The van der Waals surface area contributed by atoms with Gasteiger partial charge in [-0.15, -0.1) is 0 Å². The maximum Gasteiger partial charge on any atom is 0.173 e. The van der Waals surface area contributed by atoms with E-state index in [0.29, 0.717) is 0 Å². The number of hydrogen-bond donors (Lipinski definition) is 1. The zero-order valence-electron chi connectivity index (χ0n) is 10.2. The molecule has 1 N–H and O–H groups in total. The standard InChI is InChI=1S/C13H17N3O/c1-9-4-3-5-10-12(9)16(2)8-11(17-10)13-14-6-7-15-13/h3-5,11H,6-8H2,1-2H3,(H,14,15)/t11-/m0/s1. The minimum atomic E-state index is 0.0387. The summed E-state index contributed by atoms with van der Waals surface area (Å²) in [5.74, 6) is 1.95. The summed E-state index contributed by atoms with van der Waals surface area (Å²) in [5.41, 5.74) is 2.45. The lowest BCUT2D eigenvalue weighted by Gasteiger charge is -2.34. The Morgan fingerprint density at radius 2 is 2.35 bits per heavy atom. The molecule has 0 amide bonds. The number of nitrogens with one attached hydrogen (secondary N) is 1. The molecule has 0 radical (unpaired) electrons. The molecule has 4 heteroatoms. The molecule has 0 spiro atoms. The molecule has 17 heavy (non-hydrogen) atoms. The van der Waals surface area contributed by atoms with Crippen LogP contribution < -0.4 is 15.0 Å². The molecule has 0 aromatic heterocycles. The minimum absolute atomic E-state index is 0.0387. The highest BCUT2D eigenvalue weighted by Crippen LogP contribution is 2.35. The number of rotatable bonds is 1. The van der Waals surface area contributed by atoms with Crippen molar-refractivity contribution in [3.8, 4) is 5.75 Å². The zero-order valence-corrected chi connectivity index (χ0v) is 10.2. The second kappa shape index (κ2) is 3.95. The number of ether oxygens (including phenoxy) is 1. The van der Waals surface area contributed by atoms with Crippen LogP contribution in [0.2, 0.25) is 0 Å². The first-order chi connectivity index (χ1) is 8.25. The SMILES string of the molecule is Cc1cccc2c1N(C)C[C@@H](C1=NCCN1)O2. The van der Waals surface area contributed by atoms with E-state index in [4.69, 9.17) is 4.74 Å². The first-order valence-corrected chi connectivity index (χ1v) is 6.01. The number of aryl methyl sites for hydroxylation is 1. The molecule has 90 valence electrons. The lowest BCUT2D eigenvalue weighted by atomic mass is 10.1. The molecule has 0 fully saturated rings. The van der Waals surface area contributed by atoms with E-state index in [2.05, 4.69) is 35.2 Å². The predicted octanol–water partition coefficient (Wildman–Crippen LogP) is 1.19. The zero-order chi connectivity index (χ0) is 11.8. The molecule has 0 unspecified atom stereocenters. The van der Waals surface area contributed by atoms with Gasteiger partial charge in [0, 0.05) is 13.6 Å². The van der Waals surface area contributed by atoms with Crippen LogP contribution in [0.5, 0.6) is 5.75 Å². The first-order valence-electron chi connectivity index (χ1n) is 6.01. The molecule has 2 aliphatic heterocycles. The number of fused-ring (bicyclic) bond motifs is 1. The van der Waals surface area contributed by atoms with Crippen LogP contribution in [0, 0.1) is 6.92 Å². The van der Waals surface area contributed by atoms with Gasteiger partial charge in [-0.25, -0.2) is 0 Å². The largest absolute Gasteiger partial charge is 0.478 e. The molecule has 1 aromatic rings. The summed E-state index contributed by atoms with van der Waals surface area (Å²) >= 11 is 0. The average Bonchev–Trinajstić information content (AvgIpc) is 2.81. The molecule has 0 bridgehead atoms. The maximum absolute atomic E-state index is 6.03. The Bertz CT molecular complexity index is 470. The van der Waals surface area contributed by atoms with Gasteiger partial charge < -0.3 is 15.0 Å². The molecule has 2 aliphatic rings. The Kier molecular flexibility index (Phi) is 2.42. The third-order valence-corrected chi connectivity index (χ3v) is 3.30. The van der Waals surface area contributed by atoms with Crippen LogP contribution in [0.1, 0.15) is 5.56 Å². The van der Waals surface area contributed by atoms with E-state index in [1.807, 2.05) is 12.1 Å². The van der Waals surface area contributed by atoms with Crippen LogP contribution in [-0.4, -0.2) is 38.6 Å². The fourth-order valence-electron chi connectivity index (χ4n) is 2.52. The summed E-state index contributed by atoms with van der Waals surface area (Å²) in [6, 6.07) is 6.18. The molecule has 2 heterocycles. The number of nitrogens with zero attached hydrogens (tertiary/aromatic N) is 2. The van der Waals surface area contributed by atoms with E-state index in [1.54, 1.807) is 0 Å². The van der Waals surface area contributed by atoms with E-state index in [1.165, 1.54) is 11.3 Å². The van der Waals surface area contributed by atoms with Gasteiger partial charge in [0.05, 0.1) is 18.8 Å². The summed E-state index contributed by atoms with van der Waals surface area (Å²) in [6.45, 7) is 4.76. The lowest BCUT2D eigenvalue weighted by molar-refractivity contribution is 0.255. The van der Waals surface area contributed by atoms with E-state index >= 15 is 0 Å². The third-order valence-electron chi connectivity index (χ3n) is 3.30. The van der Waals surface area contributed by atoms with Crippen LogP contribution >= 0.6 is 0 Å². The summed E-state index contributed by atoms with van der Waals surface area (Å²) in [5, 5.41) is 3.29. The molecule has 1 atom stereocenters. The number of benzene rings is 1. The second-order valence-electron chi connectivity index (χ2n) is 4.60. The van der Waals surface area contributed by atoms with Gasteiger partial charge in [-0.2, -0.15) is 0 Å². The van der Waals surface area contributed by atoms with E-state index in [-0.39, 0.29) is 6.10 Å². The Labute approximate surface area is 101 Å². The molecule has 0 saturated carbocycles. The average molecular weight is 231 g/mol. The number of likely N-dealkylation sites (N-methyl/N-ethyl adjacent to an activating group) is 1. The van der Waals surface area contributed by atoms with Crippen molar-refractivity contribution in [2.24, 2.45) is 4.99 Å². The summed E-state index contributed by atoms with van der Waals surface area (Å²) in [6.07, 6.45) is 0.0387. The lowest BCUT2D eigenvalue weighted by Crippen LogP contribution is -2.46. The van der Waals surface area contributed by atoms with Crippen molar-refractivity contribution in [1.29, 1.82) is 0 Å². The minimum Gasteiger partial charge on any atom is -0.478 e. The van der Waals surface area contributed by atoms with Crippen LogP contribution in [0.25, 0.3) is 0 Å². The highest BCUT2D eigenvalue weighted by Gasteiger charge is 2.29. The van der Waals surface area contributed by atoms with Crippen molar-refractivity contribution >= 4 is 11.5 Å². The highest BCUT2D eigenvalue weighted by atomic mass is 16.5. The van der Waals surface area contributed by atoms with E-state index in [9.17, 15) is 0 Å². The fraction of sp³-hybridized carbons (Fsp3) is 0.462. The van der Waals surface area contributed by atoms with Crippen molar-refractivity contribution in [1.82, 2.24) is 5.32 Å². The monoisotopic (exact) mass is 231 g/mol. The molecule has 3 rings (SSSR count). The predicted molar refractivity (Wildman–Crippen MR) is 69.2 cm³/mol. The quantitative estimate of drug-likeness (QED) is 0.789. The van der Waals surface area contributed by atoms with Crippen LogP contribution in [0.3, 0.4) is 0 Å². The van der Waals surface area contributed by atoms with Gasteiger partial charge in [0.2, 0.25) is 0 Å². The van der Waals surface area contributed by atoms with Crippen molar-refractivity contribution in [3.05, 3.63) is 23.8 Å². The third kappa shape index (κ3) is 1.73. The highest BCUT2D eigenvalue weighted by molar-refractivity contribution is 5.89. The maximum atomic E-state index is 6.03. The number of amidine groups is 1.